The van der Waals surface area contributed by atoms with Gasteiger partial charge in [-0.05, 0) is 12.5 Å². The summed E-state index contributed by atoms with van der Waals surface area (Å²) in [5, 5.41) is 0. The van der Waals surface area contributed by atoms with Crippen molar-refractivity contribution in [2.75, 3.05) is 0 Å². The van der Waals surface area contributed by atoms with Crippen LogP contribution in [-0.4, -0.2) is 6.92 Å². The van der Waals surface area contributed by atoms with Crippen molar-refractivity contribution in [1.29, 1.82) is 0 Å². The van der Waals surface area contributed by atoms with E-state index in [4.69, 9.17) is 4.65 Å². The third-order valence-corrected chi connectivity index (χ3v) is 2.75. The van der Waals surface area contributed by atoms with E-state index in [0.29, 0.717) is 6.92 Å². The molecule has 86 valence electrons. The topological polar surface area (TPSA) is 9.23 Å². The zero-order valence-corrected chi connectivity index (χ0v) is 10.5. The molecule has 0 aromatic heterocycles. The van der Waals surface area contributed by atoms with E-state index in [2.05, 4.69) is 50.3 Å². The lowest BCUT2D eigenvalue weighted by Gasteiger charge is -2.19. The van der Waals surface area contributed by atoms with Gasteiger partial charge < -0.3 is 4.65 Å². The lowest BCUT2D eigenvalue weighted by atomic mass is 9.62. The summed E-state index contributed by atoms with van der Waals surface area (Å²) in [6.45, 7) is 6.73. The smallest absolute Gasteiger partial charge is 0.293 e. The van der Waals surface area contributed by atoms with Crippen LogP contribution in [-0.2, 0) is 4.65 Å². The van der Waals surface area contributed by atoms with Crippen LogP contribution in [0.15, 0.2) is 42.5 Å². The summed E-state index contributed by atoms with van der Waals surface area (Å²) in [6.07, 6.45) is 6.40. The maximum absolute atomic E-state index is 6.09. The molecular weight excluding hydrogens is 195 g/mol. The zero-order chi connectivity index (χ0) is 11.8. The molecule has 2 heteroatoms. The number of hydrogen-bond acceptors (Lipinski definition) is 1. The first-order chi connectivity index (χ1) is 7.81. The minimum Gasteiger partial charge on any atom is -0.426 e. The zero-order valence-electron chi connectivity index (χ0n) is 10.5. The second-order valence-corrected chi connectivity index (χ2v) is 3.93. The molecule has 0 aliphatic rings. The molecule has 0 amide bonds. The number of hydrogen-bond donors (Lipinski definition) is 0. The van der Waals surface area contributed by atoms with Gasteiger partial charge in [0.1, 0.15) is 0 Å². The van der Waals surface area contributed by atoms with Crippen molar-refractivity contribution in [3.05, 3.63) is 48.0 Å². The standard InChI is InChI=1S/C14H21BO/c1-4-10-14(16-15(5-2)6-3)13-11-8-7-9-12-13/h4,7-12,14H,5-6H2,1-3H3/b10-4+. The van der Waals surface area contributed by atoms with Gasteiger partial charge in [0.15, 0.2) is 0 Å². The lowest BCUT2D eigenvalue weighted by molar-refractivity contribution is 0.255. The van der Waals surface area contributed by atoms with Crippen molar-refractivity contribution in [3.63, 3.8) is 0 Å². The van der Waals surface area contributed by atoms with Crippen molar-refractivity contribution in [3.8, 4) is 0 Å². The van der Waals surface area contributed by atoms with E-state index < -0.39 is 0 Å². The summed E-state index contributed by atoms with van der Waals surface area (Å²) in [5.74, 6) is 0. The average Bonchev–Trinajstić information content (AvgIpc) is 2.35. The fourth-order valence-corrected chi connectivity index (χ4v) is 1.74. The van der Waals surface area contributed by atoms with Crippen LogP contribution in [0.2, 0.25) is 12.6 Å². The molecule has 1 aromatic rings. The predicted molar refractivity (Wildman–Crippen MR) is 71.8 cm³/mol. The minimum atomic E-state index is 0.0936. The second-order valence-electron chi connectivity index (χ2n) is 3.93. The molecule has 0 aliphatic carbocycles. The molecule has 0 spiro atoms. The summed E-state index contributed by atoms with van der Waals surface area (Å²) < 4.78 is 6.09. The molecule has 1 aromatic carbocycles. The molecule has 1 atom stereocenters. The van der Waals surface area contributed by atoms with E-state index in [1.165, 1.54) is 5.56 Å². The van der Waals surface area contributed by atoms with Gasteiger partial charge in [0.05, 0.1) is 6.10 Å². The SMILES string of the molecule is C/C=C/C(OB(CC)CC)c1ccccc1. The Balaban J connectivity index is 2.75. The summed E-state index contributed by atoms with van der Waals surface area (Å²) in [7, 11) is 0. The molecule has 0 fully saturated rings. The van der Waals surface area contributed by atoms with Gasteiger partial charge in [-0.25, -0.2) is 0 Å². The van der Waals surface area contributed by atoms with E-state index in [0.717, 1.165) is 12.6 Å². The Labute approximate surface area is 99.6 Å². The summed E-state index contributed by atoms with van der Waals surface area (Å²) in [4.78, 5) is 0. The van der Waals surface area contributed by atoms with Gasteiger partial charge in [-0.1, -0.05) is 69.0 Å². The molecule has 1 rings (SSSR count). The van der Waals surface area contributed by atoms with Crippen LogP contribution in [0, 0.1) is 0 Å². The van der Waals surface area contributed by atoms with Gasteiger partial charge in [0, 0.05) is 0 Å². The quantitative estimate of drug-likeness (QED) is 0.507. The van der Waals surface area contributed by atoms with Gasteiger partial charge in [0.25, 0.3) is 6.92 Å². The second kappa shape index (κ2) is 7.29. The van der Waals surface area contributed by atoms with Crippen LogP contribution in [0.5, 0.6) is 0 Å². The first-order valence-corrected chi connectivity index (χ1v) is 6.15. The van der Waals surface area contributed by atoms with Crippen molar-refractivity contribution in [2.24, 2.45) is 0 Å². The van der Waals surface area contributed by atoms with Crippen LogP contribution in [0.25, 0.3) is 0 Å². The van der Waals surface area contributed by atoms with Crippen molar-refractivity contribution < 1.29 is 4.65 Å². The van der Waals surface area contributed by atoms with Crippen LogP contribution in [0.3, 0.4) is 0 Å². The first-order valence-electron chi connectivity index (χ1n) is 6.15. The van der Waals surface area contributed by atoms with Gasteiger partial charge in [-0.2, -0.15) is 0 Å². The third-order valence-electron chi connectivity index (χ3n) is 2.75. The summed E-state index contributed by atoms with van der Waals surface area (Å²) >= 11 is 0. The molecule has 0 radical (unpaired) electrons. The van der Waals surface area contributed by atoms with E-state index in [1.807, 2.05) is 13.0 Å². The van der Waals surface area contributed by atoms with Crippen LogP contribution >= 0.6 is 0 Å². The molecule has 0 bridgehead atoms. The van der Waals surface area contributed by atoms with Gasteiger partial charge in [-0.3, -0.25) is 0 Å². The van der Waals surface area contributed by atoms with E-state index >= 15 is 0 Å². The number of allylic oxidation sites excluding steroid dienone is 1. The fraction of sp³-hybridized carbons (Fsp3) is 0.429. The molecular formula is C14H21BO. The Bertz CT molecular complexity index is 304. The lowest BCUT2D eigenvalue weighted by Crippen LogP contribution is -2.18. The Morgan fingerprint density at radius 1 is 1.19 bits per heavy atom. The highest BCUT2D eigenvalue weighted by Crippen LogP contribution is 2.21. The molecule has 0 saturated carbocycles. The van der Waals surface area contributed by atoms with Crippen LogP contribution in [0.1, 0.15) is 32.4 Å². The number of benzene rings is 1. The molecule has 0 N–H and O–H groups in total. The Morgan fingerprint density at radius 2 is 1.81 bits per heavy atom. The summed E-state index contributed by atoms with van der Waals surface area (Å²) in [5.41, 5.74) is 1.23. The average molecular weight is 216 g/mol. The van der Waals surface area contributed by atoms with Crippen molar-refractivity contribution in [2.45, 2.75) is 39.5 Å². The highest BCUT2D eigenvalue weighted by molar-refractivity contribution is 6.51. The molecule has 16 heavy (non-hydrogen) atoms. The highest BCUT2D eigenvalue weighted by atomic mass is 16.4. The monoisotopic (exact) mass is 216 g/mol. The van der Waals surface area contributed by atoms with Crippen LogP contribution in [0.4, 0.5) is 0 Å². The normalized spacial score (nSPS) is 12.9. The Kier molecular flexibility index (Phi) is 5.95. The largest absolute Gasteiger partial charge is 0.426 e. The molecule has 1 unspecified atom stereocenters. The van der Waals surface area contributed by atoms with Gasteiger partial charge >= 0.3 is 0 Å². The molecule has 0 heterocycles. The van der Waals surface area contributed by atoms with Crippen molar-refractivity contribution >= 4 is 6.92 Å². The maximum atomic E-state index is 6.09. The van der Waals surface area contributed by atoms with E-state index in [-0.39, 0.29) is 6.10 Å². The summed E-state index contributed by atoms with van der Waals surface area (Å²) in [6, 6.07) is 10.4. The van der Waals surface area contributed by atoms with Gasteiger partial charge in [-0.15, -0.1) is 0 Å². The minimum absolute atomic E-state index is 0.0936. The van der Waals surface area contributed by atoms with Crippen molar-refractivity contribution in [1.82, 2.24) is 0 Å². The Hall–Kier alpha value is -1.02. The fourth-order valence-electron chi connectivity index (χ4n) is 1.74. The van der Waals surface area contributed by atoms with E-state index in [1.54, 1.807) is 0 Å². The predicted octanol–water partition coefficient (Wildman–Crippen LogP) is 4.35. The third kappa shape index (κ3) is 3.86. The molecule has 1 nitrogen and oxygen atoms in total. The Morgan fingerprint density at radius 3 is 2.31 bits per heavy atom. The first kappa shape index (κ1) is 13.1. The van der Waals surface area contributed by atoms with E-state index in [9.17, 15) is 0 Å². The highest BCUT2D eigenvalue weighted by Gasteiger charge is 2.16. The van der Waals surface area contributed by atoms with Gasteiger partial charge in [0.2, 0.25) is 0 Å². The maximum Gasteiger partial charge on any atom is 0.293 e. The number of rotatable bonds is 6. The molecule has 0 aliphatic heterocycles. The van der Waals surface area contributed by atoms with Crippen LogP contribution < -0.4 is 0 Å². The molecule has 0 saturated heterocycles.